The van der Waals surface area contributed by atoms with Crippen LogP contribution in [0.2, 0.25) is 0 Å². The molecule has 3 nitrogen and oxygen atoms in total. The number of aldehydes is 1. The number of thiophene rings is 2. The van der Waals surface area contributed by atoms with E-state index in [9.17, 15) is 9.59 Å². The molecular formula is C16H12O3S2. The molecule has 0 aliphatic heterocycles. The van der Waals surface area contributed by atoms with Crippen LogP contribution < -0.4 is 0 Å². The first kappa shape index (κ1) is 14.0. The van der Waals surface area contributed by atoms with Crippen LogP contribution in [-0.4, -0.2) is 19.4 Å². The molecule has 0 aliphatic carbocycles. The van der Waals surface area contributed by atoms with Gasteiger partial charge in [0, 0.05) is 25.4 Å². The van der Waals surface area contributed by atoms with E-state index in [1.807, 2.05) is 18.2 Å². The van der Waals surface area contributed by atoms with Gasteiger partial charge >= 0.3 is 5.97 Å². The van der Waals surface area contributed by atoms with Crippen LogP contribution in [0.4, 0.5) is 0 Å². The van der Waals surface area contributed by atoms with E-state index in [2.05, 4.69) is 28.3 Å². The predicted molar refractivity (Wildman–Crippen MR) is 86.0 cm³/mol. The monoisotopic (exact) mass is 316 g/mol. The van der Waals surface area contributed by atoms with Crippen LogP contribution >= 0.6 is 22.7 Å². The second-order valence-corrected chi connectivity index (χ2v) is 6.54. The number of carbonyl (C=O) groups excluding carboxylic acids is 2. The molecule has 21 heavy (non-hydrogen) atoms. The number of carbonyl (C=O) groups is 2. The predicted octanol–water partition coefficient (Wildman–Crippen LogP) is 4.09. The van der Waals surface area contributed by atoms with Crippen molar-refractivity contribution in [3.63, 3.8) is 0 Å². The maximum atomic E-state index is 11.6. The maximum Gasteiger partial charge on any atom is 0.321 e. The van der Waals surface area contributed by atoms with Gasteiger partial charge in [-0.3, -0.25) is 4.79 Å². The first-order chi connectivity index (χ1) is 10.2. The Bertz CT molecular complexity index is 801. The molecule has 3 rings (SSSR count). The number of benzene rings is 1. The van der Waals surface area contributed by atoms with Crippen LogP contribution in [0.1, 0.15) is 10.8 Å². The quantitative estimate of drug-likeness (QED) is 0.414. The molecule has 106 valence electrons. The summed E-state index contributed by atoms with van der Waals surface area (Å²) in [6.07, 6.45) is 0.632. The number of ether oxygens (including phenoxy) is 1. The average molecular weight is 316 g/mol. The molecule has 0 saturated carbocycles. The van der Waals surface area contributed by atoms with Crippen molar-refractivity contribution in [2.45, 2.75) is 5.92 Å². The van der Waals surface area contributed by atoms with E-state index in [4.69, 9.17) is 0 Å². The highest BCUT2D eigenvalue weighted by atomic mass is 32.1. The Morgan fingerprint density at radius 2 is 2.10 bits per heavy atom. The fourth-order valence-corrected chi connectivity index (χ4v) is 4.15. The molecule has 0 aliphatic rings. The summed E-state index contributed by atoms with van der Waals surface area (Å²) in [5, 5.41) is 3.25. The molecule has 1 aromatic carbocycles. The summed E-state index contributed by atoms with van der Waals surface area (Å²) in [7, 11) is 1.29. The Morgan fingerprint density at radius 3 is 2.86 bits per heavy atom. The third-order valence-corrected chi connectivity index (χ3v) is 5.37. The minimum absolute atomic E-state index is 0.521. The summed E-state index contributed by atoms with van der Waals surface area (Å²) in [6, 6.07) is 12.0. The molecule has 3 aromatic rings. The Labute approximate surface area is 129 Å². The van der Waals surface area contributed by atoms with Crippen molar-refractivity contribution in [2.75, 3.05) is 7.11 Å². The van der Waals surface area contributed by atoms with Crippen LogP contribution in [0, 0.1) is 0 Å². The molecule has 1 unspecified atom stereocenters. The molecule has 0 bridgehead atoms. The molecule has 0 amide bonds. The summed E-state index contributed by atoms with van der Waals surface area (Å²) < 4.78 is 5.89. The van der Waals surface area contributed by atoms with Gasteiger partial charge in [0.05, 0.1) is 7.11 Å². The van der Waals surface area contributed by atoms with Gasteiger partial charge in [0.2, 0.25) is 0 Å². The van der Waals surface area contributed by atoms with Crippen molar-refractivity contribution in [3.05, 3.63) is 46.7 Å². The Kier molecular flexibility index (Phi) is 3.86. The maximum absolute atomic E-state index is 11.6. The largest absolute Gasteiger partial charge is 0.468 e. The second kappa shape index (κ2) is 5.79. The highest BCUT2D eigenvalue weighted by Gasteiger charge is 2.23. The molecule has 2 heterocycles. The number of hydrogen-bond acceptors (Lipinski definition) is 5. The minimum Gasteiger partial charge on any atom is -0.468 e. The number of fused-ring (bicyclic) bond motifs is 1. The topological polar surface area (TPSA) is 43.4 Å². The molecule has 0 spiro atoms. The van der Waals surface area contributed by atoms with Crippen LogP contribution in [0.3, 0.4) is 0 Å². The van der Waals surface area contributed by atoms with Gasteiger partial charge in [-0.05, 0) is 29.6 Å². The molecule has 0 saturated heterocycles. The van der Waals surface area contributed by atoms with Crippen LogP contribution in [0.5, 0.6) is 0 Å². The van der Waals surface area contributed by atoms with Gasteiger partial charge in [-0.2, -0.15) is 0 Å². The zero-order chi connectivity index (χ0) is 14.8. The summed E-state index contributed by atoms with van der Waals surface area (Å²) in [5.74, 6) is -1.36. The lowest BCUT2D eigenvalue weighted by Crippen LogP contribution is -2.14. The molecular weight excluding hydrogens is 304 g/mol. The summed E-state index contributed by atoms with van der Waals surface area (Å²) in [4.78, 5) is 24.5. The number of hydrogen-bond donors (Lipinski definition) is 0. The van der Waals surface area contributed by atoms with Crippen LogP contribution in [-0.2, 0) is 14.3 Å². The lowest BCUT2D eigenvalue weighted by molar-refractivity contribution is -0.143. The average Bonchev–Trinajstić information content (AvgIpc) is 3.16. The van der Waals surface area contributed by atoms with E-state index < -0.39 is 11.9 Å². The first-order valence-electron chi connectivity index (χ1n) is 6.34. The standard InChI is InChI=1S/C16H12O3S2/c1-19-16(18)12(9-17)15-6-5-14(21-15)10-3-2-4-13-11(10)7-8-20-13/h2-9,12H,1H3. The van der Waals surface area contributed by atoms with Gasteiger partial charge in [-0.15, -0.1) is 22.7 Å². The number of rotatable bonds is 4. The van der Waals surface area contributed by atoms with Crippen LogP contribution in [0.25, 0.3) is 20.5 Å². The fourth-order valence-electron chi connectivity index (χ4n) is 2.24. The van der Waals surface area contributed by atoms with E-state index in [-0.39, 0.29) is 0 Å². The van der Waals surface area contributed by atoms with Gasteiger partial charge in [0.15, 0.2) is 0 Å². The minimum atomic E-state index is -0.838. The van der Waals surface area contributed by atoms with Gasteiger partial charge in [0.25, 0.3) is 0 Å². The third-order valence-electron chi connectivity index (χ3n) is 3.29. The fraction of sp³-hybridized carbons (Fsp3) is 0.125. The number of esters is 1. The highest BCUT2D eigenvalue weighted by molar-refractivity contribution is 7.18. The highest BCUT2D eigenvalue weighted by Crippen LogP contribution is 2.37. The van der Waals surface area contributed by atoms with Crippen molar-refractivity contribution in [1.29, 1.82) is 0 Å². The van der Waals surface area contributed by atoms with Crippen LogP contribution in [0.15, 0.2) is 41.8 Å². The lowest BCUT2D eigenvalue weighted by Gasteiger charge is -2.04. The van der Waals surface area contributed by atoms with Crippen molar-refractivity contribution in [1.82, 2.24) is 0 Å². The van der Waals surface area contributed by atoms with E-state index in [0.717, 1.165) is 10.4 Å². The van der Waals surface area contributed by atoms with Gasteiger partial charge < -0.3 is 9.53 Å². The normalized spacial score (nSPS) is 12.2. The summed E-state index contributed by atoms with van der Waals surface area (Å²) in [6.45, 7) is 0. The molecule has 0 radical (unpaired) electrons. The number of methoxy groups -OCH3 is 1. The molecule has 0 N–H and O–H groups in total. The smallest absolute Gasteiger partial charge is 0.321 e. The van der Waals surface area contributed by atoms with Gasteiger partial charge in [-0.1, -0.05) is 12.1 Å². The third kappa shape index (κ3) is 2.50. The van der Waals surface area contributed by atoms with Gasteiger partial charge in [-0.25, -0.2) is 0 Å². The Balaban J connectivity index is 2.04. The van der Waals surface area contributed by atoms with Crippen molar-refractivity contribution >= 4 is 45.0 Å². The van der Waals surface area contributed by atoms with E-state index >= 15 is 0 Å². The lowest BCUT2D eigenvalue weighted by atomic mass is 10.1. The Hall–Kier alpha value is -1.98. The molecule has 0 fully saturated rings. The van der Waals surface area contributed by atoms with E-state index in [1.54, 1.807) is 11.3 Å². The zero-order valence-corrected chi connectivity index (χ0v) is 12.9. The Morgan fingerprint density at radius 1 is 1.24 bits per heavy atom. The molecule has 2 aromatic heterocycles. The molecule has 1 atom stereocenters. The van der Waals surface area contributed by atoms with Crippen molar-refractivity contribution < 1.29 is 14.3 Å². The SMILES string of the molecule is COC(=O)C(C=O)c1ccc(-c2cccc3sccc23)s1. The zero-order valence-electron chi connectivity index (χ0n) is 11.2. The second-order valence-electron chi connectivity index (χ2n) is 4.48. The summed E-state index contributed by atoms with van der Waals surface area (Å²) in [5.41, 5.74) is 1.12. The van der Waals surface area contributed by atoms with Gasteiger partial charge in [0.1, 0.15) is 12.2 Å². The van der Waals surface area contributed by atoms with E-state index in [1.165, 1.54) is 28.5 Å². The van der Waals surface area contributed by atoms with E-state index in [0.29, 0.717) is 11.2 Å². The first-order valence-corrected chi connectivity index (χ1v) is 8.03. The van der Waals surface area contributed by atoms with Crippen molar-refractivity contribution in [3.8, 4) is 10.4 Å². The molecule has 5 heteroatoms. The van der Waals surface area contributed by atoms with Crippen molar-refractivity contribution in [2.24, 2.45) is 0 Å². The summed E-state index contributed by atoms with van der Waals surface area (Å²) >= 11 is 3.15.